The Balaban J connectivity index is 2.00. The first kappa shape index (κ1) is 16.2. The van der Waals surface area contributed by atoms with E-state index in [4.69, 9.17) is 4.74 Å². The molecule has 2 atom stereocenters. The normalized spacial score (nSPS) is 20.5. The number of nitrogens with one attached hydrogen (secondary N) is 1. The molecule has 0 amide bonds. The van der Waals surface area contributed by atoms with Crippen LogP contribution in [0.5, 0.6) is 0 Å². The quantitative estimate of drug-likeness (QED) is 0.802. The van der Waals surface area contributed by atoms with Crippen LogP contribution in [0.4, 0.5) is 5.69 Å². The number of anilines is 1. The SMILES string of the molecule is CCCNC(CC)c1ccc(N2CCOC(CO)C2)cn1. The molecule has 2 N–H and O–H groups in total. The number of rotatable bonds is 7. The topological polar surface area (TPSA) is 57.6 Å². The van der Waals surface area contributed by atoms with Crippen molar-refractivity contribution < 1.29 is 9.84 Å². The van der Waals surface area contributed by atoms with E-state index in [1.807, 2.05) is 6.20 Å². The lowest BCUT2D eigenvalue weighted by atomic mass is 10.1. The van der Waals surface area contributed by atoms with Gasteiger partial charge in [0.05, 0.1) is 36.9 Å². The number of aliphatic hydroxyl groups is 1. The molecule has 118 valence electrons. The Morgan fingerprint density at radius 2 is 2.33 bits per heavy atom. The predicted octanol–water partition coefficient (Wildman–Crippen LogP) is 1.73. The first-order valence-corrected chi connectivity index (χ1v) is 7.95. The lowest BCUT2D eigenvalue weighted by molar-refractivity contribution is 0.00355. The van der Waals surface area contributed by atoms with Gasteiger partial charge in [0.15, 0.2) is 0 Å². The van der Waals surface area contributed by atoms with Gasteiger partial charge in [0.25, 0.3) is 0 Å². The van der Waals surface area contributed by atoms with E-state index in [2.05, 4.69) is 41.2 Å². The molecule has 2 unspecified atom stereocenters. The third-order valence-corrected chi connectivity index (χ3v) is 3.88. The highest BCUT2D eigenvalue weighted by atomic mass is 16.5. The van der Waals surface area contributed by atoms with Crippen LogP contribution in [0, 0.1) is 0 Å². The molecule has 0 radical (unpaired) electrons. The molecule has 2 heterocycles. The fraction of sp³-hybridized carbons (Fsp3) is 0.688. The highest BCUT2D eigenvalue weighted by molar-refractivity contribution is 5.45. The van der Waals surface area contributed by atoms with Crippen molar-refractivity contribution in [3.05, 3.63) is 24.0 Å². The van der Waals surface area contributed by atoms with Gasteiger partial charge in [-0.3, -0.25) is 4.98 Å². The van der Waals surface area contributed by atoms with Crippen molar-refractivity contribution in [1.29, 1.82) is 0 Å². The van der Waals surface area contributed by atoms with E-state index in [1.165, 1.54) is 0 Å². The van der Waals surface area contributed by atoms with Crippen LogP contribution in [-0.2, 0) is 4.74 Å². The van der Waals surface area contributed by atoms with Gasteiger partial charge in [0, 0.05) is 19.1 Å². The van der Waals surface area contributed by atoms with Gasteiger partial charge >= 0.3 is 0 Å². The number of aliphatic hydroxyl groups excluding tert-OH is 1. The molecule has 1 aromatic heterocycles. The van der Waals surface area contributed by atoms with Crippen LogP contribution >= 0.6 is 0 Å². The van der Waals surface area contributed by atoms with Crippen molar-refractivity contribution in [2.24, 2.45) is 0 Å². The number of hydrogen-bond donors (Lipinski definition) is 2. The molecule has 0 bridgehead atoms. The molecule has 0 spiro atoms. The first-order chi connectivity index (χ1) is 10.3. The maximum Gasteiger partial charge on any atom is 0.0980 e. The molecule has 1 aromatic rings. The second-order valence-electron chi connectivity index (χ2n) is 5.48. The molecule has 1 saturated heterocycles. The van der Waals surface area contributed by atoms with E-state index in [9.17, 15) is 5.11 Å². The summed E-state index contributed by atoms with van der Waals surface area (Å²) in [4.78, 5) is 6.85. The lowest BCUT2D eigenvalue weighted by Crippen LogP contribution is -2.44. The molecule has 1 aliphatic heterocycles. The molecular formula is C16H27N3O2. The summed E-state index contributed by atoms with van der Waals surface area (Å²) in [6, 6.07) is 4.56. The predicted molar refractivity (Wildman–Crippen MR) is 84.6 cm³/mol. The van der Waals surface area contributed by atoms with E-state index in [-0.39, 0.29) is 12.7 Å². The molecule has 0 saturated carbocycles. The summed E-state index contributed by atoms with van der Waals surface area (Å²) in [5, 5.41) is 12.7. The summed E-state index contributed by atoms with van der Waals surface area (Å²) in [5.74, 6) is 0. The first-order valence-electron chi connectivity index (χ1n) is 7.95. The Bertz CT molecular complexity index is 410. The fourth-order valence-electron chi connectivity index (χ4n) is 2.63. The summed E-state index contributed by atoms with van der Waals surface area (Å²) in [5.41, 5.74) is 2.20. The monoisotopic (exact) mass is 293 g/mol. The highest BCUT2D eigenvalue weighted by Crippen LogP contribution is 2.20. The van der Waals surface area contributed by atoms with Crippen LogP contribution in [0.25, 0.3) is 0 Å². The third kappa shape index (κ3) is 4.40. The van der Waals surface area contributed by atoms with Crippen molar-refractivity contribution in [3.63, 3.8) is 0 Å². The van der Waals surface area contributed by atoms with Crippen molar-refractivity contribution in [2.45, 2.75) is 38.8 Å². The maximum atomic E-state index is 9.21. The molecule has 5 heteroatoms. The molecule has 1 aliphatic rings. The number of hydrogen-bond acceptors (Lipinski definition) is 5. The largest absolute Gasteiger partial charge is 0.394 e. The number of ether oxygens (including phenoxy) is 1. The number of nitrogens with zero attached hydrogens (tertiary/aromatic N) is 2. The molecule has 0 aromatic carbocycles. The van der Waals surface area contributed by atoms with E-state index in [0.717, 1.165) is 43.9 Å². The van der Waals surface area contributed by atoms with Crippen molar-refractivity contribution >= 4 is 5.69 Å². The van der Waals surface area contributed by atoms with Gasteiger partial charge in [-0.2, -0.15) is 0 Å². The average Bonchev–Trinajstić information content (AvgIpc) is 2.56. The van der Waals surface area contributed by atoms with E-state index in [1.54, 1.807) is 0 Å². The average molecular weight is 293 g/mol. The van der Waals surface area contributed by atoms with Crippen LogP contribution in [-0.4, -0.2) is 49.0 Å². The van der Waals surface area contributed by atoms with Crippen LogP contribution in [0.2, 0.25) is 0 Å². The van der Waals surface area contributed by atoms with Crippen molar-refractivity contribution in [3.8, 4) is 0 Å². The number of morpholine rings is 1. The third-order valence-electron chi connectivity index (χ3n) is 3.88. The second kappa shape index (κ2) is 8.32. The van der Waals surface area contributed by atoms with Gasteiger partial charge < -0.3 is 20.1 Å². The maximum absolute atomic E-state index is 9.21. The lowest BCUT2D eigenvalue weighted by Gasteiger charge is -2.33. The Morgan fingerprint density at radius 3 is 2.95 bits per heavy atom. The molecule has 1 fully saturated rings. The van der Waals surface area contributed by atoms with E-state index >= 15 is 0 Å². The summed E-state index contributed by atoms with van der Waals surface area (Å²) < 4.78 is 5.48. The summed E-state index contributed by atoms with van der Waals surface area (Å²) in [6.07, 6.45) is 4.01. The van der Waals surface area contributed by atoms with E-state index in [0.29, 0.717) is 12.6 Å². The minimum absolute atomic E-state index is 0.0703. The summed E-state index contributed by atoms with van der Waals surface area (Å²) in [6.45, 7) is 7.67. The Morgan fingerprint density at radius 1 is 1.48 bits per heavy atom. The zero-order valence-corrected chi connectivity index (χ0v) is 13.1. The van der Waals surface area contributed by atoms with Gasteiger partial charge in [-0.05, 0) is 31.5 Å². The van der Waals surface area contributed by atoms with Gasteiger partial charge in [-0.15, -0.1) is 0 Å². The fourth-order valence-corrected chi connectivity index (χ4v) is 2.63. The minimum atomic E-state index is -0.0898. The summed E-state index contributed by atoms with van der Waals surface area (Å²) >= 11 is 0. The summed E-state index contributed by atoms with van der Waals surface area (Å²) in [7, 11) is 0. The van der Waals surface area contributed by atoms with Gasteiger partial charge in [0.2, 0.25) is 0 Å². The Kier molecular flexibility index (Phi) is 6.42. The second-order valence-corrected chi connectivity index (χ2v) is 5.48. The van der Waals surface area contributed by atoms with E-state index < -0.39 is 0 Å². The number of aromatic nitrogens is 1. The smallest absolute Gasteiger partial charge is 0.0980 e. The van der Waals surface area contributed by atoms with Crippen LogP contribution < -0.4 is 10.2 Å². The van der Waals surface area contributed by atoms with Gasteiger partial charge in [-0.1, -0.05) is 13.8 Å². The molecule has 0 aliphatic carbocycles. The Labute approximate surface area is 127 Å². The van der Waals surface area contributed by atoms with Gasteiger partial charge in [0.1, 0.15) is 0 Å². The number of pyridine rings is 1. The molecule has 5 nitrogen and oxygen atoms in total. The van der Waals surface area contributed by atoms with Crippen LogP contribution in [0.3, 0.4) is 0 Å². The van der Waals surface area contributed by atoms with Gasteiger partial charge in [-0.25, -0.2) is 0 Å². The highest BCUT2D eigenvalue weighted by Gasteiger charge is 2.20. The van der Waals surface area contributed by atoms with Crippen LogP contribution in [0.15, 0.2) is 18.3 Å². The Hall–Kier alpha value is -1.17. The van der Waals surface area contributed by atoms with Crippen molar-refractivity contribution in [2.75, 3.05) is 37.7 Å². The van der Waals surface area contributed by atoms with Crippen LogP contribution in [0.1, 0.15) is 38.4 Å². The standard InChI is InChI=1S/C16H27N3O2/c1-3-7-17-15(4-2)16-6-5-13(10-18-16)19-8-9-21-14(11-19)12-20/h5-6,10,14-15,17,20H,3-4,7-9,11-12H2,1-2H3. The molecule has 2 rings (SSSR count). The van der Waals surface area contributed by atoms with Crippen molar-refractivity contribution in [1.82, 2.24) is 10.3 Å². The zero-order chi connectivity index (χ0) is 15.1. The molecular weight excluding hydrogens is 266 g/mol. The molecule has 21 heavy (non-hydrogen) atoms. The zero-order valence-electron chi connectivity index (χ0n) is 13.1. The minimum Gasteiger partial charge on any atom is -0.394 e.